The van der Waals surface area contributed by atoms with Crippen LogP contribution in [0.2, 0.25) is 0 Å². The van der Waals surface area contributed by atoms with Gasteiger partial charge in [0.1, 0.15) is 5.69 Å². The molecule has 6 heteroatoms. The number of nitrogens with zero attached hydrogens (tertiary/aromatic N) is 2. The number of halogens is 1. The Morgan fingerprint density at radius 3 is 3.00 bits per heavy atom. The lowest BCUT2D eigenvalue weighted by atomic mass is 10.1. The summed E-state index contributed by atoms with van der Waals surface area (Å²) in [7, 11) is 3.23. The number of aliphatic hydroxyl groups is 1. The quantitative estimate of drug-likeness (QED) is 0.854. The number of ether oxygens (including phenoxy) is 1. The minimum atomic E-state index is -0.340. The van der Waals surface area contributed by atoms with Gasteiger partial charge >= 0.3 is 5.97 Å². The highest BCUT2D eigenvalue weighted by molar-refractivity contribution is 9.10. The number of β-amino-alcohol motifs (C(OH)–C–C–N with tert-alkyl or cyclic N) is 1. The summed E-state index contributed by atoms with van der Waals surface area (Å²) in [5.74, 6) is -0.340. The number of methoxy groups -OCH3 is 1. The van der Waals surface area contributed by atoms with Crippen molar-refractivity contribution in [2.45, 2.75) is 25.5 Å². The second-order valence-corrected chi connectivity index (χ2v) is 5.76. The molecule has 1 atom stereocenters. The maximum atomic E-state index is 11.6. The second-order valence-electron chi connectivity index (χ2n) is 4.91. The molecule has 0 bridgehead atoms. The molecule has 0 aromatic carbocycles. The van der Waals surface area contributed by atoms with Crippen LogP contribution in [0.5, 0.6) is 0 Å². The van der Waals surface area contributed by atoms with Crippen LogP contribution in [0.4, 0.5) is 0 Å². The van der Waals surface area contributed by atoms with E-state index >= 15 is 0 Å². The van der Waals surface area contributed by atoms with Crippen LogP contribution in [0.25, 0.3) is 0 Å². The fourth-order valence-corrected chi connectivity index (χ4v) is 3.08. The summed E-state index contributed by atoms with van der Waals surface area (Å²) >= 11 is 3.49. The summed E-state index contributed by atoms with van der Waals surface area (Å²) in [6, 6.07) is 1.78. The first-order chi connectivity index (χ1) is 9.02. The van der Waals surface area contributed by atoms with Crippen molar-refractivity contribution in [1.29, 1.82) is 0 Å². The Morgan fingerprint density at radius 1 is 1.63 bits per heavy atom. The Hall–Kier alpha value is -0.850. The lowest BCUT2D eigenvalue weighted by Crippen LogP contribution is -2.38. The number of rotatable bonds is 3. The molecule has 19 heavy (non-hydrogen) atoms. The van der Waals surface area contributed by atoms with Crippen LogP contribution in [0.1, 0.15) is 29.0 Å². The number of esters is 1. The normalized spacial score (nSPS) is 20.5. The molecule has 0 saturated carbocycles. The van der Waals surface area contributed by atoms with E-state index in [-0.39, 0.29) is 12.1 Å². The molecule has 1 N–H and O–H groups in total. The Morgan fingerprint density at radius 2 is 2.37 bits per heavy atom. The molecule has 5 nitrogen and oxygen atoms in total. The zero-order valence-corrected chi connectivity index (χ0v) is 12.8. The van der Waals surface area contributed by atoms with Gasteiger partial charge in [0.25, 0.3) is 0 Å². The standard InChI is InChI=1S/C13H19BrN2O3/c1-15-11(13(18)19-2)6-10(14)12(15)8-16-5-3-4-9(17)7-16/h6,9,17H,3-5,7-8H2,1-2H3. The van der Waals surface area contributed by atoms with E-state index in [2.05, 4.69) is 20.8 Å². The number of hydrogen-bond donors (Lipinski definition) is 1. The van der Waals surface area contributed by atoms with Gasteiger partial charge in [-0.3, -0.25) is 4.90 Å². The maximum absolute atomic E-state index is 11.6. The summed E-state index contributed by atoms with van der Waals surface area (Å²) in [4.78, 5) is 13.8. The first-order valence-electron chi connectivity index (χ1n) is 6.35. The Kier molecular flexibility index (Phi) is 4.65. The molecule has 1 aromatic rings. The van der Waals surface area contributed by atoms with E-state index in [0.29, 0.717) is 18.8 Å². The van der Waals surface area contributed by atoms with E-state index in [1.54, 1.807) is 6.07 Å². The van der Waals surface area contributed by atoms with Gasteiger partial charge in [-0.2, -0.15) is 0 Å². The highest BCUT2D eigenvalue weighted by Crippen LogP contribution is 2.24. The number of piperidine rings is 1. The molecule has 1 unspecified atom stereocenters. The van der Waals surface area contributed by atoms with Gasteiger partial charge in [-0.25, -0.2) is 4.79 Å². The van der Waals surface area contributed by atoms with Crippen molar-refractivity contribution in [3.8, 4) is 0 Å². The monoisotopic (exact) mass is 330 g/mol. The molecule has 1 saturated heterocycles. The van der Waals surface area contributed by atoms with Crippen molar-refractivity contribution in [3.63, 3.8) is 0 Å². The van der Waals surface area contributed by atoms with Gasteiger partial charge in [-0.15, -0.1) is 0 Å². The first-order valence-corrected chi connectivity index (χ1v) is 7.15. The number of aliphatic hydroxyl groups excluding tert-OH is 1. The molecule has 0 radical (unpaired) electrons. The van der Waals surface area contributed by atoms with E-state index in [1.165, 1.54) is 7.11 Å². The third kappa shape index (κ3) is 3.19. The molecular formula is C13H19BrN2O3. The van der Waals surface area contributed by atoms with Gasteiger partial charge in [0.15, 0.2) is 0 Å². The Labute approximate surface area is 121 Å². The Bertz CT molecular complexity index is 473. The zero-order valence-electron chi connectivity index (χ0n) is 11.2. The summed E-state index contributed by atoms with van der Waals surface area (Å²) < 4.78 is 7.50. The van der Waals surface area contributed by atoms with E-state index in [9.17, 15) is 9.90 Å². The van der Waals surface area contributed by atoms with Crippen molar-refractivity contribution in [2.75, 3.05) is 20.2 Å². The fraction of sp³-hybridized carbons (Fsp3) is 0.615. The molecular weight excluding hydrogens is 312 g/mol. The fourth-order valence-electron chi connectivity index (χ4n) is 2.47. The molecule has 0 spiro atoms. The third-order valence-electron chi connectivity index (χ3n) is 3.55. The SMILES string of the molecule is COC(=O)c1cc(Br)c(CN2CCCC(O)C2)n1C. The summed E-state index contributed by atoms with van der Waals surface area (Å²) in [6.45, 7) is 2.37. The van der Waals surface area contributed by atoms with Crippen molar-refractivity contribution in [1.82, 2.24) is 9.47 Å². The average Bonchev–Trinajstić information content (AvgIpc) is 2.66. The molecule has 1 aliphatic rings. The van der Waals surface area contributed by atoms with Crippen LogP contribution < -0.4 is 0 Å². The van der Waals surface area contributed by atoms with Crippen LogP contribution in [0, 0.1) is 0 Å². The van der Waals surface area contributed by atoms with Gasteiger partial charge in [-0.1, -0.05) is 0 Å². The van der Waals surface area contributed by atoms with Gasteiger partial charge in [0, 0.05) is 30.3 Å². The summed E-state index contributed by atoms with van der Waals surface area (Å²) in [5.41, 5.74) is 1.55. The van der Waals surface area contributed by atoms with Crippen molar-refractivity contribution in [2.24, 2.45) is 7.05 Å². The molecule has 2 heterocycles. The molecule has 1 fully saturated rings. The topological polar surface area (TPSA) is 54.7 Å². The predicted molar refractivity (Wildman–Crippen MR) is 75.0 cm³/mol. The van der Waals surface area contributed by atoms with Crippen molar-refractivity contribution >= 4 is 21.9 Å². The lowest BCUT2D eigenvalue weighted by Gasteiger charge is -2.30. The van der Waals surface area contributed by atoms with Crippen LogP contribution in [-0.4, -0.2) is 46.8 Å². The van der Waals surface area contributed by atoms with Crippen LogP contribution in [0.3, 0.4) is 0 Å². The molecule has 106 valence electrons. The largest absolute Gasteiger partial charge is 0.464 e. The summed E-state index contributed by atoms with van der Waals surface area (Å²) in [6.07, 6.45) is 1.64. The smallest absolute Gasteiger partial charge is 0.354 e. The molecule has 1 aromatic heterocycles. The lowest BCUT2D eigenvalue weighted by molar-refractivity contribution is 0.0582. The zero-order chi connectivity index (χ0) is 14.0. The molecule has 2 rings (SSSR count). The minimum absolute atomic E-state index is 0.243. The third-order valence-corrected chi connectivity index (χ3v) is 4.24. The second kappa shape index (κ2) is 6.07. The number of carbonyl (C=O) groups is 1. The highest BCUT2D eigenvalue weighted by atomic mass is 79.9. The number of hydrogen-bond acceptors (Lipinski definition) is 4. The predicted octanol–water partition coefficient (Wildman–Crippen LogP) is 1.53. The van der Waals surface area contributed by atoms with E-state index in [1.807, 2.05) is 11.6 Å². The number of carbonyl (C=O) groups excluding carboxylic acids is 1. The van der Waals surface area contributed by atoms with E-state index in [4.69, 9.17) is 4.74 Å². The minimum Gasteiger partial charge on any atom is -0.464 e. The number of aromatic nitrogens is 1. The van der Waals surface area contributed by atoms with Crippen molar-refractivity contribution in [3.05, 3.63) is 21.9 Å². The molecule has 0 aliphatic carbocycles. The van der Waals surface area contributed by atoms with Crippen LogP contribution in [-0.2, 0) is 18.3 Å². The molecule has 0 amide bonds. The Balaban J connectivity index is 2.16. The highest BCUT2D eigenvalue weighted by Gasteiger charge is 2.22. The summed E-state index contributed by atoms with van der Waals surface area (Å²) in [5, 5.41) is 9.69. The van der Waals surface area contributed by atoms with E-state index < -0.39 is 0 Å². The van der Waals surface area contributed by atoms with Crippen LogP contribution in [0.15, 0.2) is 10.5 Å². The van der Waals surface area contributed by atoms with Gasteiger partial charge in [0.2, 0.25) is 0 Å². The van der Waals surface area contributed by atoms with Crippen LogP contribution >= 0.6 is 15.9 Å². The average molecular weight is 331 g/mol. The van der Waals surface area contributed by atoms with Gasteiger partial charge < -0.3 is 14.4 Å². The maximum Gasteiger partial charge on any atom is 0.354 e. The first kappa shape index (κ1) is 14.6. The number of likely N-dealkylation sites (tertiary alicyclic amines) is 1. The van der Waals surface area contributed by atoms with Gasteiger partial charge in [0.05, 0.1) is 13.2 Å². The van der Waals surface area contributed by atoms with E-state index in [0.717, 1.165) is 29.6 Å². The van der Waals surface area contributed by atoms with Gasteiger partial charge in [-0.05, 0) is 41.4 Å². The van der Waals surface area contributed by atoms with Crippen molar-refractivity contribution < 1.29 is 14.6 Å². The molecule has 1 aliphatic heterocycles.